The summed E-state index contributed by atoms with van der Waals surface area (Å²) in [5, 5.41) is 0.421. The van der Waals surface area contributed by atoms with E-state index in [9.17, 15) is 9.59 Å². The van der Waals surface area contributed by atoms with Gasteiger partial charge in [0.2, 0.25) is 0 Å². The van der Waals surface area contributed by atoms with Crippen LogP contribution in [-0.4, -0.2) is 4.57 Å². The van der Waals surface area contributed by atoms with Crippen LogP contribution in [0.5, 0.6) is 0 Å². The lowest BCUT2D eigenvalue weighted by atomic mass is 10.2. The van der Waals surface area contributed by atoms with Crippen molar-refractivity contribution < 1.29 is 4.42 Å². The van der Waals surface area contributed by atoms with Gasteiger partial charge in [-0.25, -0.2) is 9.36 Å². The first-order valence-corrected chi connectivity index (χ1v) is 5.79. The van der Waals surface area contributed by atoms with E-state index in [1.54, 1.807) is 24.3 Å². The van der Waals surface area contributed by atoms with E-state index in [0.29, 0.717) is 11.0 Å². The van der Waals surface area contributed by atoms with E-state index in [0.717, 1.165) is 4.57 Å². The molecule has 0 fully saturated rings. The van der Waals surface area contributed by atoms with Crippen molar-refractivity contribution in [2.24, 2.45) is 7.05 Å². The Morgan fingerprint density at radius 1 is 1.00 bits per heavy atom. The molecule has 0 aliphatic heterocycles. The van der Waals surface area contributed by atoms with Gasteiger partial charge in [0.05, 0.1) is 5.39 Å². The first kappa shape index (κ1) is 15.2. The normalized spacial score (nSPS) is 8.76. The summed E-state index contributed by atoms with van der Waals surface area (Å²) in [5.41, 5.74) is 0.00227. The Bertz CT molecular complexity index is 567. The number of aromatic nitrogens is 1. The van der Waals surface area contributed by atoms with Gasteiger partial charge < -0.3 is 4.42 Å². The molecule has 0 aliphatic rings. The second-order valence-electron chi connectivity index (χ2n) is 2.73. The molecule has 0 unspecified atom stereocenters. The number of hydrogen-bond acceptors (Lipinski definition) is 3. The molecule has 0 radical (unpaired) electrons. The summed E-state index contributed by atoms with van der Waals surface area (Å²) >= 11 is 0. The van der Waals surface area contributed by atoms with E-state index in [2.05, 4.69) is 0 Å². The van der Waals surface area contributed by atoms with Gasteiger partial charge in [-0.2, -0.15) is 0 Å². The first-order valence-electron chi connectivity index (χ1n) is 5.79. The lowest BCUT2D eigenvalue weighted by Gasteiger charge is -1.97. The van der Waals surface area contributed by atoms with Crippen LogP contribution in [-0.2, 0) is 7.05 Å². The molecule has 0 saturated carbocycles. The lowest BCUT2D eigenvalue weighted by molar-refractivity contribution is 0.485. The molecule has 94 valence electrons. The van der Waals surface area contributed by atoms with Crippen LogP contribution in [0.1, 0.15) is 27.7 Å². The Balaban J connectivity index is 0.000000581. The highest BCUT2D eigenvalue weighted by atomic mass is 16.4. The molecule has 2 rings (SSSR count). The molecule has 0 spiro atoms. The number of nitrogens with zero attached hydrogens (tertiary/aromatic N) is 1. The standard InChI is InChI=1S/C9H7NO3.2C2H6/c1-10-8(11)6-4-2-3-5-7(6)13-9(10)12;2*1-2/h2-5H,1H3;2*1-2H3. The third kappa shape index (κ3) is 3.31. The molecule has 1 aromatic heterocycles. The van der Waals surface area contributed by atoms with Crippen LogP contribution in [0, 0.1) is 0 Å². The average molecular weight is 237 g/mol. The van der Waals surface area contributed by atoms with Crippen LogP contribution in [0.4, 0.5) is 0 Å². The van der Waals surface area contributed by atoms with Gasteiger partial charge in [-0.05, 0) is 12.1 Å². The molecule has 2 aromatic rings. The summed E-state index contributed by atoms with van der Waals surface area (Å²) in [4.78, 5) is 22.5. The zero-order valence-corrected chi connectivity index (χ0v) is 11.0. The van der Waals surface area contributed by atoms with Crippen LogP contribution < -0.4 is 11.3 Å². The maximum Gasteiger partial charge on any atom is 0.422 e. The minimum atomic E-state index is -0.635. The molecular weight excluding hydrogens is 218 g/mol. The summed E-state index contributed by atoms with van der Waals surface area (Å²) in [7, 11) is 1.39. The zero-order chi connectivity index (χ0) is 13.4. The fraction of sp³-hybridized carbons (Fsp3) is 0.385. The van der Waals surface area contributed by atoms with Gasteiger partial charge in [-0.1, -0.05) is 39.8 Å². The van der Waals surface area contributed by atoms with Gasteiger partial charge in [0.15, 0.2) is 0 Å². The van der Waals surface area contributed by atoms with Crippen molar-refractivity contribution in [1.82, 2.24) is 4.57 Å². The van der Waals surface area contributed by atoms with Crippen LogP contribution >= 0.6 is 0 Å². The Morgan fingerprint density at radius 3 is 2.12 bits per heavy atom. The molecule has 0 amide bonds. The van der Waals surface area contributed by atoms with Crippen molar-refractivity contribution >= 4 is 11.0 Å². The van der Waals surface area contributed by atoms with Crippen molar-refractivity contribution in [3.8, 4) is 0 Å². The first-order chi connectivity index (χ1) is 8.20. The quantitative estimate of drug-likeness (QED) is 0.707. The Hall–Kier alpha value is -1.84. The summed E-state index contributed by atoms with van der Waals surface area (Å²) in [6.07, 6.45) is 0. The maximum atomic E-state index is 11.5. The van der Waals surface area contributed by atoms with Crippen molar-refractivity contribution in [2.45, 2.75) is 27.7 Å². The number of benzene rings is 1. The van der Waals surface area contributed by atoms with E-state index in [-0.39, 0.29) is 5.56 Å². The molecule has 0 aliphatic carbocycles. The molecule has 0 atom stereocenters. The van der Waals surface area contributed by atoms with Gasteiger partial charge in [0.25, 0.3) is 5.56 Å². The highest BCUT2D eigenvalue weighted by Crippen LogP contribution is 2.04. The third-order valence-electron chi connectivity index (χ3n) is 1.89. The third-order valence-corrected chi connectivity index (χ3v) is 1.89. The van der Waals surface area contributed by atoms with Gasteiger partial charge in [0.1, 0.15) is 5.58 Å². The fourth-order valence-electron chi connectivity index (χ4n) is 1.16. The SMILES string of the molecule is CC.CC.Cn1c(=O)oc2ccccc2c1=O. The molecule has 4 nitrogen and oxygen atoms in total. The number of rotatable bonds is 0. The van der Waals surface area contributed by atoms with Crippen molar-refractivity contribution in [2.75, 3.05) is 0 Å². The van der Waals surface area contributed by atoms with Gasteiger partial charge in [-0.3, -0.25) is 4.79 Å². The molecule has 1 aromatic carbocycles. The topological polar surface area (TPSA) is 52.2 Å². The Labute approximate surface area is 101 Å². The van der Waals surface area contributed by atoms with Crippen molar-refractivity contribution in [1.29, 1.82) is 0 Å². The van der Waals surface area contributed by atoms with E-state index >= 15 is 0 Å². The van der Waals surface area contributed by atoms with E-state index < -0.39 is 5.76 Å². The van der Waals surface area contributed by atoms with Crippen LogP contribution in [0.2, 0.25) is 0 Å². The van der Waals surface area contributed by atoms with E-state index in [1.807, 2.05) is 27.7 Å². The van der Waals surface area contributed by atoms with E-state index in [1.165, 1.54) is 7.05 Å². The predicted molar refractivity (Wildman–Crippen MR) is 70.4 cm³/mol. The summed E-state index contributed by atoms with van der Waals surface area (Å²) in [6.45, 7) is 8.00. The summed E-state index contributed by atoms with van der Waals surface area (Å²) in [6, 6.07) is 6.66. The smallest absolute Gasteiger partial charge is 0.409 e. The van der Waals surface area contributed by atoms with Crippen LogP contribution in [0.3, 0.4) is 0 Å². The monoisotopic (exact) mass is 237 g/mol. The Morgan fingerprint density at radius 2 is 1.53 bits per heavy atom. The van der Waals surface area contributed by atoms with Crippen molar-refractivity contribution in [3.05, 3.63) is 45.2 Å². The highest BCUT2D eigenvalue weighted by molar-refractivity contribution is 5.74. The van der Waals surface area contributed by atoms with Crippen LogP contribution in [0.25, 0.3) is 11.0 Å². The number of para-hydroxylation sites is 1. The molecule has 0 bridgehead atoms. The number of hydrogen-bond donors (Lipinski definition) is 0. The summed E-state index contributed by atoms with van der Waals surface area (Å²) < 4.78 is 5.83. The van der Waals surface area contributed by atoms with Gasteiger partial charge in [-0.15, -0.1) is 0 Å². The second-order valence-corrected chi connectivity index (χ2v) is 2.73. The largest absolute Gasteiger partial charge is 0.422 e. The highest BCUT2D eigenvalue weighted by Gasteiger charge is 2.04. The summed E-state index contributed by atoms with van der Waals surface area (Å²) in [5.74, 6) is -0.635. The molecule has 1 heterocycles. The minimum absolute atomic E-state index is 0.327. The van der Waals surface area contributed by atoms with Gasteiger partial charge in [0, 0.05) is 7.05 Å². The zero-order valence-electron chi connectivity index (χ0n) is 11.0. The van der Waals surface area contributed by atoms with Crippen molar-refractivity contribution in [3.63, 3.8) is 0 Å². The molecule has 0 N–H and O–H groups in total. The number of fused-ring (bicyclic) bond motifs is 1. The van der Waals surface area contributed by atoms with E-state index in [4.69, 9.17) is 4.42 Å². The molecule has 0 saturated heterocycles. The Kier molecular flexibility index (Phi) is 6.63. The lowest BCUT2D eigenvalue weighted by Crippen LogP contribution is -2.29. The molecule has 4 heteroatoms. The second kappa shape index (κ2) is 7.44. The average Bonchev–Trinajstić information content (AvgIpc) is 2.41. The molecular formula is C13H19NO3. The fourth-order valence-corrected chi connectivity index (χ4v) is 1.16. The van der Waals surface area contributed by atoms with Crippen LogP contribution in [0.15, 0.2) is 38.3 Å². The van der Waals surface area contributed by atoms with Gasteiger partial charge >= 0.3 is 5.76 Å². The maximum absolute atomic E-state index is 11.5. The predicted octanol–water partition coefficient (Wildman–Crippen LogP) is 2.54. The minimum Gasteiger partial charge on any atom is -0.409 e. The molecule has 17 heavy (non-hydrogen) atoms.